The highest BCUT2D eigenvalue weighted by Crippen LogP contribution is 2.07. The van der Waals surface area contributed by atoms with Gasteiger partial charge < -0.3 is 16.2 Å². The van der Waals surface area contributed by atoms with Gasteiger partial charge in [0.25, 0.3) is 5.91 Å². The summed E-state index contributed by atoms with van der Waals surface area (Å²) in [5.74, 6) is 1.47. The van der Waals surface area contributed by atoms with E-state index in [4.69, 9.17) is 10.8 Å². The molecular weight excluding hydrogens is 240 g/mol. The molecule has 0 aliphatic carbocycles. The molecule has 1 rings (SSSR count). The lowest BCUT2D eigenvalue weighted by Crippen LogP contribution is -2.27. The average molecular weight is 258 g/mol. The second kappa shape index (κ2) is 7.18. The van der Waals surface area contributed by atoms with Gasteiger partial charge in [-0.1, -0.05) is 0 Å². The molecule has 7 heteroatoms. The first-order valence-electron chi connectivity index (χ1n) is 5.41. The molecule has 0 spiro atoms. The van der Waals surface area contributed by atoms with Gasteiger partial charge in [0.15, 0.2) is 5.69 Å². The average Bonchev–Trinajstić information content (AvgIpc) is 2.62. The zero-order valence-electron chi connectivity index (χ0n) is 9.85. The van der Waals surface area contributed by atoms with E-state index < -0.39 is 0 Å². The van der Waals surface area contributed by atoms with Crippen LogP contribution < -0.4 is 11.1 Å². The highest BCUT2D eigenvalue weighted by Gasteiger charge is 2.12. The van der Waals surface area contributed by atoms with E-state index in [1.807, 2.05) is 0 Å². The number of nitrogens with two attached hydrogens (primary N) is 1. The van der Waals surface area contributed by atoms with E-state index in [1.54, 1.807) is 25.0 Å². The molecule has 0 aliphatic heterocycles. The minimum absolute atomic E-state index is 0.212. The minimum atomic E-state index is -0.245. The summed E-state index contributed by atoms with van der Waals surface area (Å²) < 4.78 is 1.51. The molecule has 96 valence electrons. The Hall–Kier alpha value is -1.21. The quantitative estimate of drug-likeness (QED) is 0.591. The molecule has 1 aromatic rings. The van der Waals surface area contributed by atoms with Crippen molar-refractivity contribution in [2.24, 2.45) is 7.05 Å². The van der Waals surface area contributed by atoms with Gasteiger partial charge in [0.2, 0.25) is 0 Å². The number of carbonyl (C=O) groups is 1. The van der Waals surface area contributed by atoms with Crippen LogP contribution in [0.5, 0.6) is 0 Å². The van der Waals surface area contributed by atoms with Crippen LogP contribution in [0.25, 0.3) is 0 Å². The second-order valence-corrected chi connectivity index (χ2v) is 4.78. The minimum Gasteiger partial charge on any atom is -0.396 e. The van der Waals surface area contributed by atoms with Gasteiger partial charge in [0, 0.05) is 32.1 Å². The fraction of sp³-hybridized carbons (Fsp3) is 0.600. The maximum atomic E-state index is 11.7. The fourth-order valence-electron chi connectivity index (χ4n) is 1.27. The Morgan fingerprint density at radius 2 is 2.41 bits per heavy atom. The molecule has 0 unspecified atom stereocenters. The normalized spacial score (nSPS) is 10.5. The number of amides is 1. The maximum absolute atomic E-state index is 11.7. The Balaban J connectivity index is 2.23. The molecule has 1 heterocycles. The topological polar surface area (TPSA) is 93.2 Å². The molecule has 17 heavy (non-hydrogen) atoms. The lowest BCUT2D eigenvalue weighted by molar-refractivity contribution is 0.0951. The van der Waals surface area contributed by atoms with Crippen LogP contribution in [0, 0.1) is 0 Å². The predicted molar refractivity (Wildman–Crippen MR) is 69.0 cm³/mol. The maximum Gasteiger partial charge on any atom is 0.273 e. The van der Waals surface area contributed by atoms with Crippen LogP contribution in [0.3, 0.4) is 0 Å². The Kier molecular flexibility index (Phi) is 5.85. The van der Waals surface area contributed by atoms with Crippen molar-refractivity contribution in [3.63, 3.8) is 0 Å². The van der Waals surface area contributed by atoms with Gasteiger partial charge >= 0.3 is 0 Å². The summed E-state index contributed by atoms with van der Waals surface area (Å²) in [4.78, 5) is 11.7. The smallest absolute Gasteiger partial charge is 0.273 e. The SMILES string of the molecule is Cn1cc(N)c(C(=O)NCCSCCCO)n1. The number of anilines is 1. The predicted octanol–water partition coefficient (Wildman–Crippen LogP) is -0.152. The molecule has 0 saturated heterocycles. The summed E-state index contributed by atoms with van der Waals surface area (Å²) in [7, 11) is 1.72. The molecule has 0 bridgehead atoms. The Morgan fingerprint density at radius 1 is 1.65 bits per heavy atom. The number of aliphatic hydroxyl groups is 1. The Bertz CT molecular complexity index is 367. The van der Waals surface area contributed by atoms with E-state index in [-0.39, 0.29) is 18.2 Å². The molecule has 1 aromatic heterocycles. The number of nitrogens with one attached hydrogen (secondary N) is 1. The zero-order valence-corrected chi connectivity index (χ0v) is 10.7. The molecule has 6 nitrogen and oxygen atoms in total. The van der Waals surface area contributed by atoms with Gasteiger partial charge in [0.05, 0.1) is 5.69 Å². The number of hydrogen-bond acceptors (Lipinski definition) is 5. The van der Waals surface area contributed by atoms with Gasteiger partial charge in [-0.05, 0) is 12.2 Å². The zero-order chi connectivity index (χ0) is 12.7. The van der Waals surface area contributed by atoms with Crippen molar-refractivity contribution in [2.75, 3.05) is 30.4 Å². The number of rotatable bonds is 7. The molecular formula is C10H18N4O2S. The van der Waals surface area contributed by atoms with Crippen LogP contribution in [0.4, 0.5) is 5.69 Å². The number of aliphatic hydroxyl groups excluding tert-OH is 1. The van der Waals surface area contributed by atoms with Crippen LogP contribution in [-0.4, -0.2) is 45.5 Å². The first kappa shape index (κ1) is 13.9. The summed E-state index contributed by atoms with van der Waals surface area (Å²) in [5.41, 5.74) is 6.29. The van der Waals surface area contributed by atoms with Crippen molar-refractivity contribution in [3.05, 3.63) is 11.9 Å². The number of hydrogen-bond donors (Lipinski definition) is 3. The Morgan fingerprint density at radius 3 is 3.00 bits per heavy atom. The molecule has 0 fully saturated rings. The standard InChI is InChI=1S/C10H18N4O2S/c1-14-7-8(11)9(13-14)10(16)12-3-6-17-5-2-4-15/h7,15H,2-6,11H2,1H3,(H,12,16). The summed E-state index contributed by atoms with van der Waals surface area (Å²) in [6.45, 7) is 0.786. The van der Waals surface area contributed by atoms with Crippen LogP contribution in [0.15, 0.2) is 6.20 Å². The van der Waals surface area contributed by atoms with Crippen molar-refractivity contribution >= 4 is 23.4 Å². The molecule has 0 atom stereocenters. The van der Waals surface area contributed by atoms with E-state index in [0.717, 1.165) is 17.9 Å². The number of thioether (sulfide) groups is 1. The van der Waals surface area contributed by atoms with E-state index in [9.17, 15) is 4.79 Å². The van der Waals surface area contributed by atoms with Crippen molar-refractivity contribution < 1.29 is 9.90 Å². The number of carbonyl (C=O) groups excluding carboxylic acids is 1. The summed E-state index contributed by atoms with van der Waals surface area (Å²) in [6.07, 6.45) is 2.39. The third-order valence-electron chi connectivity index (χ3n) is 2.05. The van der Waals surface area contributed by atoms with Crippen molar-refractivity contribution in [2.45, 2.75) is 6.42 Å². The third kappa shape index (κ3) is 4.66. The van der Waals surface area contributed by atoms with Crippen molar-refractivity contribution in [1.29, 1.82) is 0 Å². The first-order valence-corrected chi connectivity index (χ1v) is 6.56. The molecule has 0 aliphatic rings. The highest BCUT2D eigenvalue weighted by molar-refractivity contribution is 7.99. The largest absolute Gasteiger partial charge is 0.396 e. The van der Waals surface area contributed by atoms with Crippen LogP contribution in [-0.2, 0) is 7.05 Å². The molecule has 1 amide bonds. The van der Waals surface area contributed by atoms with Crippen LogP contribution in [0.1, 0.15) is 16.9 Å². The molecule has 4 N–H and O–H groups in total. The number of nitrogens with zero attached hydrogens (tertiary/aromatic N) is 2. The van der Waals surface area contributed by atoms with Crippen LogP contribution >= 0.6 is 11.8 Å². The first-order chi connectivity index (χ1) is 8.15. The summed E-state index contributed by atoms with van der Waals surface area (Å²) in [5, 5.41) is 15.3. The van der Waals surface area contributed by atoms with Gasteiger partial charge in [-0.3, -0.25) is 9.48 Å². The number of aryl methyl sites for hydroxylation is 1. The van der Waals surface area contributed by atoms with Gasteiger partial charge in [-0.25, -0.2) is 0 Å². The number of nitrogen functional groups attached to an aromatic ring is 1. The van der Waals surface area contributed by atoms with Crippen molar-refractivity contribution in [3.8, 4) is 0 Å². The molecule has 0 aromatic carbocycles. The highest BCUT2D eigenvalue weighted by atomic mass is 32.2. The van der Waals surface area contributed by atoms with E-state index in [1.165, 1.54) is 4.68 Å². The second-order valence-electron chi connectivity index (χ2n) is 3.55. The fourth-order valence-corrected chi connectivity index (χ4v) is 2.06. The van der Waals surface area contributed by atoms with E-state index in [2.05, 4.69) is 10.4 Å². The summed E-state index contributed by atoms with van der Waals surface area (Å²) >= 11 is 1.69. The lowest BCUT2D eigenvalue weighted by atomic mass is 10.3. The third-order valence-corrected chi connectivity index (χ3v) is 3.12. The van der Waals surface area contributed by atoms with Crippen LogP contribution in [0.2, 0.25) is 0 Å². The monoisotopic (exact) mass is 258 g/mol. The molecule has 0 radical (unpaired) electrons. The van der Waals surface area contributed by atoms with Gasteiger partial charge in [-0.15, -0.1) is 0 Å². The molecule has 0 saturated carbocycles. The number of aromatic nitrogens is 2. The van der Waals surface area contributed by atoms with Gasteiger partial charge in [-0.2, -0.15) is 16.9 Å². The Labute approximate surface area is 105 Å². The van der Waals surface area contributed by atoms with E-state index >= 15 is 0 Å². The van der Waals surface area contributed by atoms with Gasteiger partial charge in [0.1, 0.15) is 0 Å². The summed E-state index contributed by atoms with van der Waals surface area (Å²) in [6, 6.07) is 0. The van der Waals surface area contributed by atoms with E-state index in [0.29, 0.717) is 12.2 Å². The lowest BCUT2D eigenvalue weighted by Gasteiger charge is -2.03. The van der Waals surface area contributed by atoms with Crippen molar-refractivity contribution in [1.82, 2.24) is 15.1 Å².